The monoisotopic (exact) mass is 241 g/mol. The fraction of sp³-hybridized carbons (Fsp3) is 0.500. The fourth-order valence-corrected chi connectivity index (χ4v) is 2.42. The lowest BCUT2D eigenvalue weighted by molar-refractivity contribution is -0.0786. The van der Waals surface area contributed by atoms with Crippen molar-refractivity contribution < 1.29 is 4.74 Å². The Morgan fingerprint density at radius 3 is 2.77 bits per heavy atom. The number of methoxy groups -OCH3 is 1. The Bertz CT molecular complexity index is 304. The molecule has 3 heteroatoms. The molecule has 13 heavy (non-hydrogen) atoms. The van der Waals surface area contributed by atoms with Crippen LogP contribution in [0.25, 0.3) is 0 Å². The fourth-order valence-electron chi connectivity index (χ4n) is 1.81. The topological polar surface area (TPSA) is 22.1 Å². The number of halogens is 1. The first kappa shape index (κ1) is 9.16. The Morgan fingerprint density at radius 1 is 1.54 bits per heavy atom. The van der Waals surface area contributed by atoms with E-state index in [1.165, 1.54) is 12.0 Å². The molecule has 1 heterocycles. The standard InChI is InChI=1S/C10H12BrNO/c1-13-10(5-3-6-10)8-4-2-7-12-9(8)11/h2,4,7H,3,5-6H2,1H3. The normalized spacial score (nSPS) is 19.5. The Morgan fingerprint density at radius 2 is 2.31 bits per heavy atom. The van der Waals surface area contributed by atoms with Gasteiger partial charge in [0.05, 0.1) is 5.60 Å². The van der Waals surface area contributed by atoms with Gasteiger partial charge in [-0.05, 0) is 41.3 Å². The van der Waals surface area contributed by atoms with Crippen molar-refractivity contribution in [2.24, 2.45) is 0 Å². The number of hydrogen-bond acceptors (Lipinski definition) is 2. The second-order valence-corrected chi connectivity index (χ2v) is 4.14. The van der Waals surface area contributed by atoms with Crippen molar-refractivity contribution in [1.82, 2.24) is 4.98 Å². The first-order valence-corrected chi connectivity index (χ1v) is 5.24. The van der Waals surface area contributed by atoms with Crippen molar-refractivity contribution in [2.45, 2.75) is 24.9 Å². The molecular formula is C10H12BrNO. The summed E-state index contributed by atoms with van der Waals surface area (Å²) in [5.41, 5.74) is 1.12. The Hall–Kier alpha value is -0.410. The summed E-state index contributed by atoms with van der Waals surface area (Å²) in [6, 6.07) is 4.04. The number of aromatic nitrogens is 1. The lowest BCUT2D eigenvalue weighted by Crippen LogP contribution is -2.36. The maximum Gasteiger partial charge on any atom is 0.112 e. The summed E-state index contributed by atoms with van der Waals surface area (Å²) in [4.78, 5) is 4.21. The zero-order chi connectivity index (χ0) is 9.31. The Kier molecular flexibility index (Phi) is 2.39. The first-order chi connectivity index (χ1) is 6.28. The summed E-state index contributed by atoms with van der Waals surface area (Å²) < 4.78 is 6.48. The molecule has 70 valence electrons. The largest absolute Gasteiger partial charge is 0.373 e. The molecule has 0 radical (unpaired) electrons. The van der Waals surface area contributed by atoms with E-state index < -0.39 is 0 Å². The van der Waals surface area contributed by atoms with Gasteiger partial charge in [0, 0.05) is 18.9 Å². The van der Waals surface area contributed by atoms with Gasteiger partial charge in [0.2, 0.25) is 0 Å². The molecule has 0 unspecified atom stereocenters. The van der Waals surface area contributed by atoms with Crippen LogP contribution in [-0.4, -0.2) is 12.1 Å². The number of pyridine rings is 1. The van der Waals surface area contributed by atoms with E-state index in [0.717, 1.165) is 17.4 Å². The van der Waals surface area contributed by atoms with Crippen LogP contribution in [0.2, 0.25) is 0 Å². The predicted molar refractivity (Wildman–Crippen MR) is 54.5 cm³/mol. The third-order valence-corrected chi connectivity index (χ3v) is 3.43. The van der Waals surface area contributed by atoms with Crippen LogP contribution in [0.1, 0.15) is 24.8 Å². The van der Waals surface area contributed by atoms with Crippen LogP contribution >= 0.6 is 15.9 Å². The molecule has 0 aliphatic heterocycles. The number of ether oxygens (including phenoxy) is 1. The number of hydrogen-bond donors (Lipinski definition) is 0. The van der Waals surface area contributed by atoms with Gasteiger partial charge in [0.25, 0.3) is 0 Å². The van der Waals surface area contributed by atoms with Crippen molar-refractivity contribution in [3.05, 3.63) is 28.5 Å². The zero-order valence-electron chi connectivity index (χ0n) is 7.59. The van der Waals surface area contributed by atoms with E-state index in [9.17, 15) is 0 Å². The minimum Gasteiger partial charge on any atom is -0.373 e. The van der Waals surface area contributed by atoms with Crippen molar-refractivity contribution >= 4 is 15.9 Å². The van der Waals surface area contributed by atoms with E-state index in [1.807, 2.05) is 6.07 Å². The highest BCUT2D eigenvalue weighted by Gasteiger charge is 2.40. The van der Waals surface area contributed by atoms with Crippen LogP contribution in [0.15, 0.2) is 22.9 Å². The molecule has 2 nitrogen and oxygen atoms in total. The van der Waals surface area contributed by atoms with E-state index in [0.29, 0.717) is 0 Å². The van der Waals surface area contributed by atoms with Gasteiger partial charge in [0.15, 0.2) is 0 Å². The highest BCUT2D eigenvalue weighted by molar-refractivity contribution is 9.10. The van der Waals surface area contributed by atoms with E-state index in [2.05, 4.69) is 27.0 Å². The lowest BCUT2D eigenvalue weighted by Gasteiger charge is -2.41. The van der Waals surface area contributed by atoms with E-state index in [4.69, 9.17) is 4.74 Å². The number of rotatable bonds is 2. The SMILES string of the molecule is COC1(c2cccnc2Br)CCC1. The van der Waals surface area contributed by atoms with Crippen molar-refractivity contribution in [3.8, 4) is 0 Å². The average molecular weight is 242 g/mol. The molecule has 1 aromatic rings. The molecule has 1 fully saturated rings. The Labute approximate surface area is 86.5 Å². The zero-order valence-corrected chi connectivity index (χ0v) is 9.17. The molecular weight excluding hydrogens is 230 g/mol. The lowest BCUT2D eigenvalue weighted by atomic mass is 9.75. The first-order valence-electron chi connectivity index (χ1n) is 4.45. The minimum atomic E-state index is -0.0624. The summed E-state index contributed by atoms with van der Waals surface area (Å²) in [5.74, 6) is 0. The van der Waals surface area contributed by atoms with Crippen LogP contribution in [0.5, 0.6) is 0 Å². The van der Waals surface area contributed by atoms with Crippen LogP contribution in [0, 0.1) is 0 Å². The Balaban J connectivity index is 2.38. The molecule has 1 aliphatic rings. The van der Waals surface area contributed by atoms with Crippen LogP contribution < -0.4 is 0 Å². The molecule has 0 N–H and O–H groups in total. The molecule has 0 atom stereocenters. The summed E-state index contributed by atoms with van der Waals surface area (Å²) in [6.45, 7) is 0. The van der Waals surface area contributed by atoms with E-state index in [1.54, 1.807) is 13.3 Å². The third-order valence-electron chi connectivity index (χ3n) is 2.80. The van der Waals surface area contributed by atoms with Gasteiger partial charge in [0.1, 0.15) is 4.60 Å². The highest BCUT2D eigenvalue weighted by Crippen LogP contribution is 2.45. The predicted octanol–water partition coefficient (Wildman–Crippen LogP) is 2.87. The third kappa shape index (κ3) is 1.40. The maximum absolute atomic E-state index is 5.57. The molecule has 0 aromatic carbocycles. The summed E-state index contributed by atoms with van der Waals surface area (Å²) in [5, 5.41) is 0. The summed E-state index contributed by atoms with van der Waals surface area (Å²) in [7, 11) is 1.78. The summed E-state index contributed by atoms with van der Waals surface area (Å²) in [6.07, 6.45) is 5.24. The molecule has 0 saturated heterocycles. The highest BCUT2D eigenvalue weighted by atomic mass is 79.9. The smallest absolute Gasteiger partial charge is 0.112 e. The molecule has 1 aliphatic carbocycles. The summed E-state index contributed by atoms with van der Waals surface area (Å²) >= 11 is 3.46. The van der Waals surface area contributed by atoms with Gasteiger partial charge in [-0.2, -0.15) is 0 Å². The molecule has 1 saturated carbocycles. The van der Waals surface area contributed by atoms with Crippen LogP contribution in [0.4, 0.5) is 0 Å². The van der Waals surface area contributed by atoms with E-state index >= 15 is 0 Å². The van der Waals surface area contributed by atoms with Gasteiger partial charge in [-0.3, -0.25) is 0 Å². The second kappa shape index (κ2) is 3.39. The molecule has 2 rings (SSSR count). The average Bonchev–Trinajstić information content (AvgIpc) is 2.07. The van der Waals surface area contributed by atoms with Crippen LogP contribution in [0.3, 0.4) is 0 Å². The van der Waals surface area contributed by atoms with Gasteiger partial charge in [-0.25, -0.2) is 4.98 Å². The van der Waals surface area contributed by atoms with Gasteiger partial charge in [-0.1, -0.05) is 6.07 Å². The van der Waals surface area contributed by atoms with Crippen LogP contribution in [-0.2, 0) is 10.3 Å². The van der Waals surface area contributed by atoms with Crippen molar-refractivity contribution in [1.29, 1.82) is 0 Å². The maximum atomic E-state index is 5.57. The van der Waals surface area contributed by atoms with Gasteiger partial charge < -0.3 is 4.74 Å². The van der Waals surface area contributed by atoms with Crippen molar-refractivity contribution in [3.63, 3.8) is 0 Å². The quantitative estimate of drug-likeness (QED) is 0.744. The van der Waals surface area contributed by atoms with Gasteiger partial charge in [-0.15, -0.1) is 0 Å². The molecule has 0 spiro atoms. The van der Waals surface area contributed by atoms with Crippen molar-refractivity contribution in [2.75, 3.05) is 7.11 Å². The van der Waals surface area contributed by atoms with E-state index in [-0.39, 0.29) is 5.60 Å². The van der Waals surface area contributed by atoms with Gasteiger partial charge >= 0.3 is 0 Å². The minimum absolute atomic E-state index is 0.0624. The number of nitrogens with zero attached hydrogens (tertiary/aromatic N) is 1. The second-order valence-electron chi connectivity index (χ2n) is 3.39. The molecule has 0 amide bonds. The molecule has 0 bridgehead atoms. The molecule has 1 aromatic heterocycles.